The zero-order valence-corrected chi connectivity index (χ0v) is 14.9. The summed E-state index contributed by atoms with van der Waals surface area (Å²) >= 11 is 0. The number of carbonyl (C=O) groups excluding carboxylic acids is 1. The summed E-state index contributed by atoms with van der Waals surface area (Å²) in [5, 5.41) is 37.9. The van der Waals surface area contributed by atoms with Gasteiger partial charge in [0, 0.05) is 11.8 Å². The van der Waals surface area contributed by atoms with E-state index in [1.165, 1.54) is 0 Å². The number of nitrogens with zero attached hydrogens (tertiary/aromatic N) is 3. The normalized spacial score (nSPS) is 25.2. The van der Waals surface area contributed by atoms with Gasteiger partial charge in [0.2, 0.25) is 0 Å². The summed E-state index contributed by atoms with van der Waals surface area (Å²) in [6.45, 7) is 0.247. The Bertz CT molecular complexity index is 965. The van der Waals surface area contributed by atoms with Crippen molar-refractivity contribution in [2.75, 3.05) is 19.8 Å². The van der Waals surface area contributed by atoms with Crippen LogP contribution in [0.1, 0.15) is 11.5 Å². The number of benzene rings is 1. The molecule has 2 aliphatic rings. The summed E-state index contributed by atoms with van der Waals surface area (Å²) in [4.78, 5) is 11.0. The lowest BCUT2D eigenvalue weighted by atomic mass is 9.54. The highest BCUT2D eigenvalue weighted by atomic mass is 16.5. The first-order valence-corrected chi connectivity index (χ1v) is 8.58. The second-order valence-corrected chi connectivity index (χ2v) is 6.66. The van der Waals surface area contributed by atoms with Crippen LogP contribution in [0.25, 0.3) is 0 Å². The van der Waals surface area contributed by atoms with Crippen LogP contribution in [-0.2, 0) is 9.53 Å². The molecule has 8 heteroatoms. The molecule has 3 N–H and O–H groups in total. The number of hydrogen-bond donors (Lipinski definition) is 2. The minimum atomic E-state index is -1.81. The van der Waals surface area contributed by atoms with E-state index >= 15 is 0 Å². The van der Waals surface area contributed by atoms with Crippen molar-refractivity contribution in [1.29, 1.82) is 21.2 Å². The lowest BCUT2D eigenvalue weighted by molar-refractivity contribution is -0.119. The summed E-state index contributed by atoms with van der Waals surface area (Å²) in [5.41, 5.74) is 4.36. The Labute approximate surface area is 161 Å². The van der Waals surface area contributed by atoms with E-state index in [4.69, 9.17) is 20.6 Å². The molecule has 1 saturated carbocycles. The molecule has 0 unspecified atom stereocenters. The molecule has 28 heavy (non-hydrogen) atoms. The van der Waals surface area contributed by atoms with Gasteiger partial charge in [-0.15, -0.1) is 0 Å². The summed E-state index contributed by atoms with van der Waals surface area (Å²) < 4.78 is 10.9. The van der Waals surface area contributed by atoms with Gasteiger partial charge in [0.25, 0.3) is 5.91 Å². The Morgan fingerprint density at radius 2 is 2.11 bits per heavy atom. The van der Waals surface area contributed by atoms with Crippen LogP contribution < -0.4 is 10.5 Å². The van der Waals surface area contributed by atoms with Crippen molar-refractivity contribution in [2.24, 2.45) is 23.0 Å². The number of hydrogen-bond acceptors (Lipinski definition) is 7. The molecule has 0 spiro atoms. The van der Waals surface area contributed by atoms with Gasteiger partial charge in [0.05, 0.1) is 37.1 Å². The van der Waals surface area contributed by atoms with Crippen molar-refractivity contribution in [3.8, 4) is 24.0 Å². The first-order valence-electron chi connectivity index (χ1n) is 8.58. The lowest BCUT2D eigenvalue weighted by Crippen LogP contribution is -2.50. The molecule has 0 saturated heterocycles. The molecule has 0 aromatic heterocycles. The van der Waals surface area contributed by atoms with Crippen molar-refractivity contribution < 1.29 is 14.3 Å². The summed E-state index contributed by atoms with van der Waals surface area (Å²) in [6, 6.07) is 12.7. The minimum Gasteiger partial charge on any atom is -0.484 e. The van der Waals surface area contributed by atoms with Crippen molar-refractivity contribution >= 4 is 11.6 Å². The van der Waals surface area contributed by atoms with Gasteiger partial charge in [-0.3, -0.25) is 4.79 Å². The third-order valence-electron chi connectivity index (χ3n) is 5.16. The molecule has 1 amide bonds. The maximum Gasteiger partial charge on any atom is 0.255 e. The van der Waals surface area contributed by atoms with Crippen molar-refractivity contribution in [2.45, 2.75) is 5.92 Å². The van der Waals surface area contributed by atoms with Gasteiger partial charge in [-0.1, -0.05) is 18.2 Å². The van der Waals surface area contributed by atoms with E-state index in [9.17, 15) is 20.6 Å². The minimum absolute atomic E-state index is 0.224. The molecule has 140 valence electrons. The zero-order chi connectivity index (χ0) is 20.3. The lowest BCUT2D eigenvalue weighted by Gasteiger charge is -2.45. The molecule has 3 atom stereocenters. The van der Waals surface area contributed by atoms with Gasteiger partial charge in [-0.2, -0.15) is 15.8 Å². The van der Waals surface area contributed by atoms with E-state index in [-0.39, 0.29) is 18.9 Å². The van der Waals surface area contributed by atoms with Crippen molar-refractivity contribution in [3.05, 3.63) is 41.5 Å². The molecule has 1 heterocycles. The van der Waals surface area contributed by atoms with Crippen LogP contribution in [0, 0.1) is 56.7 Å². The predicted molar refractivity (Wildman–Crippen MR) is 96.8 cm³/mol. The standard InChI is InChI=1S/C20H17N5O3/c21-7-15-14-4-5-27-8-16(14)18(20(10-22,11-23)19(15)25)12-2-1-3-13(6-12)28-9-17(24)26/h1-4,6,15-16,18,25H,5,8-9H2,(H2,24,26)/t15-,16+,18+/m1/s1. The Morgan fingerprint density at radius 1 is 1.36 bits per heavy atom. The number of carbonyl (C=O) groups is 1. The fourth-order valence-corrected chi connectivity index (χ4v) is 3.94. The highest BCUT2D eigenvalue weighted by molar-refractivity contribution is 6.00. The van der Waals surface area contributed by atoms with Crippen LogP contribution in [0.2, 0.25) is 0 Å². The quantitative estimate of drug-likeness (QED) is 0.758. The molecule has 1 aromatic rings. The SMILES string of the molecule is N#C[C@H]1C(=N)C(C#N)(C#N)[C@@H](c2cccc(OCC(N)=O)c2)[C@H]2COCC=C12. The number of ether oxygens (including phenoxy) is 2. The Morgan fingerprint density at radius 3 is 2.75 bits per heavy atom. The third kappa shape index (κ3) is 2.99. The number of amides is 1. The van der Waals surface area contributed by atoms with Crippen LogP contribution >= 0.6 is 0 Å². The molecule has 3 rings (SSSR count). The van der Waals surface area contributed by atoms with Crippen LogP contribution in [0.5, 0.6) is 5.75 Å². The van der Waals surface area contributed by atoms with Crippen LogP contribution in [0.3, 0.4) is 0 Å². The number of nitrogens with one attached hydrogen (secondary N) is 1. The first kappa shape index (κ1) is 19.1. The number of nitrogens with two attached hydrogens (primary N) is 1. The van der Waals surface area contributed by atoms with Gasteiger partial charge >= 0.3 is 0 Å². The van der Waals surface area contributed by atoms with Gasteiger partial charge in [-0.05, 0) is 23.3 Å². The molecular weight excluding hydrogens is 358 g/mol. The number of nitriles is 3. The third-order valence-corrected chi connectivity index (χ3v) is 5.16. The van der Waals surface area contributed by atoms with Crippen molar-refractivity contribution in [1.82, 2.24) is 0 Å². The number of rotatable bonds is 4. The zero-order valence-electron chi connectivity index (χ0n) is 14.9. The average molecular weight is 375 g/mol. The predicted octanol–water partition coefficient (Wildman–Crippen LogP) is 1.41. The number of primary amides is 1. The summed E-state index contributed by atoms with van der Waals surface area (Å²) in [5.74, 6) is -2.33. The molecule has 0 radical (unpaired) electrons. The fourth-order valence-electron chi connectivity index (χ4n) is 3.94. The van der Waals surface area contributed by atoms with E-state index in [1.54, 1.807) is 30.3 Å². The van der Waals surface area contributed by atoms with E-state index < -0.39 is 29.1 Å². The van der Waals surface area contributed by atoms with Gasteiger partial charge < -0.3 is 20.6 Å². The van der Waals surface area contributed by atoms with Crippen LogP contribution in [0.4, 0.5) is 0 Å². The van der Waals surface area contributed by atoms with Crippen molar-refractivity contribution in [3.63, 3.8) is 0 Å². The molecule has 0 bridgehead atoms. The number of fused-ring (bicyclic) bond motifs is 1. The first-order chi connectivity index (χ1) is 13.5. The molecule has 1 aromatic carbocycles. The summed E-state index contributed by atoms with van der Waals surface area (Å²) in [6.07, 6.45) is 1.76. The Hall–Kier alpha value is -3.67. The molecule has 1 aliphatic heterocycles. The molecular formula is C20H17N5O3. The van der Waals surface area contributed by atoms with E-state index in [0.717, 1.165) is 0 Å². The monoisotopic (exact) mass is 375 g/mol. The Kier molecular flexibility index (Phi) is 5.13. The highest BCUT2D eigenvalue weighted by Gasteiger charge is 2.57. The van der Waals surface area contributed by atoms with Gasteiger partial charge in [0.15, 0.2) is 12.0 Å². The van der Waals surface area contributed by atoms with E-state index in [0.29, 0.717) is 23.5 Å². The summed E-state index contributed by atoms with van der Waals surface area (Å²) in [7, 11) is 0. The van der Waals surface area contributed by atoms with Gasteiger partial charge in [-0.25, -0.2) is 0 Å². The van der Waals surface area contributed by atoms with Gasteiger partial charge in [0.1, 0.15) is 11.7 Å². The second-order valence-electron chi connectivity index (χ2n) is 6.66. The fraction of sp³-hybridized carbons (Fsp3) is 0.350. The second kappa shape index (κ2) is 7.52. The molecule has 1 fully saturated rings. The molecule has 1 aliphatic carbocycles. The smallest absolute Gasteiger partial charge is 0.255 e. The average Bonchev–Trinajstić information content (AvgIpc) is 2.71. The van der Waals surface area contributed by atoms with E-state index in [2.05, 4.69) is 6.07 Å². The molecule has 8 nitrogen and oxygen atoms in total. The van der Waals surface area contributed by atoms with E-state index in [1.807, 2.05) is 12.1 Å². The topological polar surface area (TPSA) is 157 Å². The maximum absolute atomic E-state index is 11.0. The largest absolute Gasteiger partial charge is 0.484 e. The van der Waals surface area contributed by atoms with Crippen LogP contribution in [-0.4, -0.2) is 31.4 Å². The Balaban J connectivity index is 2.14. The highest BCUT2D eigenvalue weighted by Crippen LogP contribution is 2.53. The maximum atomic E-state index is 11.0. The van der Waals surface area contributed by atoms with Crippen LogP contribution in [0.15, 0.2) is 35.9 Å².